The van der Waals surface area contributed by atoms with Gasteiger partial charge in [-0.15, -0.1) is 0 Å². The summed E-state index contributed by atoms with van der Waals surface area (Å²) in [4.78, 5) is 4.74. The number of hydrogen-bond acceptors (Lipinski definition) is 2. The monoisotopic (exact) mass is 251 g/mol. The highest BCUT2D eigenvalue weighted by molar-refractivity contribution is 6.05. The molecule has 1 aliphatic rings. The highest BCUT2D eigenvalue weighted by atomic mass is 16.5. The lowest BCUT2D eigenvalue weighted by Crippen LogP contribution is -2.18. The number of hydrogen-bond donors (Lipinski definition) is 0. The predicted octanol–water partition coefficient (Wildman–Crippen LogP) is 3.98. The Bertz CT molecular complexity index is 587. The van der Waals surface area contributed by atoms with Crippen molar-refractivity contribution in [1.29, 1.82) is 0 Å². The minimum atomic E-state index is -0.467. The smallest absolute Gasteiger partial charge is 0.155 e. The van der Waals surface area contributed by atoms with Crippen molar-refractivity contribution in [2.24, 2.45) is 4.99 Å². The van der Waals surface area contributed by atoms with Gasteiger partial charge in [-0.3, -0.25) is 4.99 Å². The summed E-state index contributed by atoms with van der Waals surface area (Å²) >= 11 is 0. The zero-order chi connectivity index (χ0) is 13.3. The lowest BCUT2D eigenvalue weighted by atomic mass is 9.99. The van der Waals surface area contributed by atoms with Crippen LogP contribution < -0.4 is 0 Å². The molecular formula is C17H17NO. The average molecular weight is 251 g/mol. The van der Waals surface area contributed by atoms with E-state index in [1.165, 1.54) is 0 Å². The largest absolute Gasteiger partial charge is 0.340 e. The molecule has 1 atom stereocenters. The van der Waals surface area contributed by atoms with Gasteiger partial charge in [-0.1, -0.05) is 60.7 Å². The summed E-state index contributed by atoms with van der Waals surface area (Å²) in [7, 11) is 0. The summed E-state index contributed by atoms with van der Waals surface area (Å²) in [5.74, 6) is 0. The molecule has 2 heteroatoms. The summed E-state index contributed by atoms with van der Waals surface area (Å²) < 4.78 is 6.10. The maximum atomic E-state index is 6.10. The molecule has 0 bridgehead atoms. The van der Waals surface area contributed by atoms with Gasteiger partial charge >= 0.3 is 0 Å². The highest BCUT2D eigenvalue weighted by Gasteiger charge is 2.35. The van der Waals surface area contributed by atoms with Gasteiger partial charge < -0.3 is 4.74 Å². The van der Waals surface area contributed by atoms with Crippen molar-refractivity contribution in [3.63, 3.8) is 0 Å². The predicted molar refractivity (Wildman–Crippen MR) is 77.3 cm³/mol. The summed E-state index contributed by atoms with van der Waals surface area (Å²) in [5, 5.41) is 0. The van der Waals surface area contributed by atoms with Crippen molar-refractivity contribution in [3.05, 3.63) is 71.8 Å². The molecule has 1 aliphatic heterocycles. The number of nitrogens with zero attached hydrogens (tertiary/aromatic N) is 1. The van der Waals surface area contributed by atoms with Crippen molar-refractivity contribution in [2.45, 2.75) is 25.7 Å². The van der Waals surface area contributed by atoms with Crippen molar-refractivity contribution in [1.82, 2.24) is 0 Å². The lowest BCUT2D eigenvalue weighted by Gasteiger charge is -2.18. The molecule has 0 N–H and O–H groups in total. The van der Waals surface area contributed by atoms with Gasteiger partial charge in [0.2, 0.25) is 0 Å². The fourth-order valence-electron chi connectivity index (χ4n) is 2.40. The maximum absolute atomic E-state index is 6.10. The van der Waals surface area contributed by atoms with Gasteiger partial charge in [-0.2, -0.15) is 0 Å². The molecule has 0 saturated carbocycles. The normalized spacial score (nSPS) is 21.2. The molecule has 0 aliphatic carbocycles. The second-order valence-electron chi connectivity index (χ2n) is 5.22. The van der Waals surface area contributed by atoms with Crippen molar-refractivity contribution in [3.8, 4) is 0 Å². The van der Waals surface area contributed by atoms with Gasteiger partial charge in [0.15, 0.2) is 5.72 Å². The highest BCUT2D eigenvalue weighted by Crippen LogP contribution is 2.35. The van der Waals surface area contributed by atoms with E-state index in [4.69, 9.17) is 9.73 Å². The van der Waals surface area contributed by atoms with Gasteiger partial charge in [0.05, 0.1) is 5.71 Å². The second kappa shape index (κ2) is 4.63. The van der Waals surface area contributed by atoms with Crippen molar-refractivity contribution < 1.29 is 4.74 Å². The Morgan fingerprint density at radius 3 is 2.11 bits per heavy atom. The first kappa shape index (κ1) is 12.1. The molecule has 0 saturated heterocycles. The van der Waals surface area contributed by atoms with Crippen LogP contribution in [0.25, 0.3) is 0 Å². The first-order chi connectivity index (χ1) is 9.16. The number of rotatable bonds is 2. The van der Waals surface area contributed by atoms with Gasteiger partial charge in [0, 0.05) is 0 Å². The van der Waals surface area contributed by atoms with E-state index in [1.54, 1.807) is 0 Å². The molecule has 2 aromatic rings. The zero-order valence-electron chi connectivity index (χ0n) is 11.2. The molecule has 2 aromatic carbocycles. The van der Waals surface area contributed by atoms with Crippen molar-refractivity contribution >= 4 is 5.71 Å². The van der Waals surface area contributed by atoms with E-state index >= 15 is 0 Å². The van der Waals surface area contributed by atoms with Crippen LogP contribution in [0.2, 0.25) is 0 Å². The van der Waals surface area contributed by atoms with Gasteiger partial charge in [0.25, 0.3) is 0 Å². The number of aliphatic imine (C=N–C) groups is 1. The first-order valence-corrected chi connectivity index (χ1v) is 6.54. The Morgan fingerprint density at radius 2 is 1.47 bits per heavy atom. The van der Waals surface area contributed by atoms with Crippen LogP contribution in [-0.4, -0.2) is 11.4 Å². The molecular weight excluding hydrogens is 234 g/mol. The molecule has 96 valence electrons. The van der Waals surface area contributed by atoms with E-state index in [2.05, 4.69) is 24.3 Å². The van der Waals surface area contributed by atoms with E-state index in [-0.39, 0.29) is 6.10 Å². The Morgan fingerprint density at radius 1 is 0.895 bits per heavy atom. The lowest BCUT2D eigenvalue weighted by molar-refractivity contribution is -0.0160. The average Bonchev–Trinajstić information content (AvgIpc) is 2.77. The minimum absolute atomic E-state index is 0.0846. The number of ether oxygens (including phenoxy) is 1. The van der Waals surface area contributed by atoms with Crippen LogP contribution in [0.5, 0.6) is 0 Å². The Kier molecular flexibility index (Phi) is 2.96. The van der Waals surface area contributed by atoms with Crippen LogP contribution in [0.3, 0.4) is 0 Å². The summed E-state index contributed by atoms with van der Waals surface area (Å²) in [6, 6.07) is 20.5. The fourth-order valence-corrected chi connectivity index (χ4v) is 2.40. The fraction of sp³-hybridized carbons (Fsp3) is 0.235. The molecule has 1 heterocycles. The molecule has 0 aromatic heterocycles. The molecule has 0 amide bonds. The molecule has 0 unspecified atom stereocenters. The third-order valence-corrected chi connectivity index (χ3v) is 3.22. The SMILES string of the molecule is CC1(C)N=C(c2ccccc2)[C@@H](c2ccccc2)O1. The summed E-state index contributed by atoms with van der Waals surface area (Å²) in [6.45, 7) is 4.00. The Balaban J connectivity index is 2.04. The van der Waals surface area contributed by atoms with Crippen LogP contribution in [0.4, 0.5) is 0 Å². The second-order valence-corrected chi connectivity index (χ2v) is 5.22. The van der Waals surface area contributed by atoms with Crippen LogP contribution in [0.15, 0.2) is 65.7 Å². The molecule has 2 nitrogen and oxygen atoms in total. The van der Waals surface area contributed by atoms with Crippen LogP contribution in [0, 0.1) is 0 Å². The van der Waals surface area contributed by atoms with E-state index in [0.717, 1.165) is 16.8 Å². The quantitative estimate of drug-likeness (QED) is 0.791. The maximum Gasteiger partial charge on any atom is 0.155 e. The van der Waals surface area contributed by atoms with Crippen molar-refractivity contribution in [2.75, 3.05) is 0 Å². The van der Waals surface area contributed by atoms with E-state index in [0.29, 0.717) is 0 Å². The molecule has 19 heavy (non-hydrogen) atoms. The third kappa shape index (κ3) is 2.45. The van der Waals surface area contributed by atoms with E-state index in [1.807, 2.05) is 50.2 Å². The topological polar surface area (TPSA) is 21.6 Å². The minimum Gasteiger partial charge on any atom is -0.340 e. The van der Waals surface area contributed by atoms with Gasteiger partial charge in [-0.05, 0) is 25.0 Å². The molecule has 0 radical (unpaired) electrons. The molecule has 3 rings (SSSR count). The molecule has 0 spiro atoms. The van der Waals surface area contributed by atoms with E-state index in [9.17, 15) is 0 Å². The summed E-state index contributed by atoms with van der Waals surface area (Å²) in [6.07, 6.45) is -0.0846. The van der Waals surface area contributed by atoms with Crippen LogP contribution in [0.1, 0.15) is 31.1 Å². The standard InChI is InChI=1S/C17H17NO/c1-17(2)18-15(13-9-5-3-6-10-13)16(19-17)14-11-7-4-8-12-14/h3-12,16H,1-2H3/t16-/m1/s1. The van der Waals surface area contributed by atoms with Crippen LogP contribution >= 0.6 is 0 Å². The van der Waals surface area contributed by atoms with Gasteiger partial charge in [0.1, 0.15) is 6.10 Å². The Labute approximate surface area is 113 Å². The van der Waals surface area contributed by atoms with Gasteiger partial charge in [-0.25, -0.2) is 0 Å². The van der Waals surface area contributed by atoms with E-state index < -0.39 is 5.72 Å². The Hall–Kier alpha value is -1.93. The zero-order valence-corrected chi connectivity index (χ0v) is 11.2. The summed E-state index contributed by atoms with van der Waals surface area (Å²) in [5.41, 5.74) is 2.82. The van der Waals surface area contributed by atoms with Crippen LogP contribution in [-0.2, 0) is 4.74 Å². The first-order valence-electron chi connectivity index (χ1n) is 6.54. The number of benzene rings is 2. The third-order valence-electron chi connectivity index (χ3n) is 3.22. The molecule has 0 fully saturated rings.